The van der Waals surface area contributed by atoms with E-state index in [-0.39, 0.29) is 11.0 Å². The third-order valence-corrected chi connectivity index (χ3v) is 3.69. The molecule has 0 amide bonds. The van der Waals surface area contributed by atoms with Crippen LogP contribution in [-0.2, 0) is 5.41 Å². The minimum absolute atomic E-state index is 0.306. The van der Waals surface area contributed by atoms with Crippen LogP contribution in [0.3, 0.4) is 0 Å². The lowest BCUT2D eigenvalue weighted by Crippen LogP contribution is -2.50. The summed E-state index contributed by atoms with van der Waals surface area (Å²) in [7, 11) is 0. The van der Waals surface area contributed by atoms with Crippen LogP contribution in [0, 0.1) is 6.92 Å². The maximum absolute atomic E-state index is 6.20. The summed E-state index contributed by atoms with van der Waals surface area (Å²) in [6, 6.07) is 6.01. The summed E-state index contributed by atoms with van der Waals surface area (Å²) >= 11 is 0. The van der Waals surface area contributed by atoms with E-state index in [1.807, 2.05) is 39.0 Å². The SMILES string of the molecule is Cc1ccc2oc(C(C)(C)C(C)(C)N)nc2c1. The fourth-order valence-corrected chi connectivity index (χ4v) is 1.58. The first-order valence-corrected chi connectivity index (χ1v) is 5.88. The summed E-state index contributed by atoms with van der Waals surface area (Å²) in [6.07, 6.45) is 0. The van der Waals surface area contributed by atoms with Gasteiger partial charge in [-0.25, -0.2) is 4.98 Å². The van der Waals surface area contributed by atoms with Gasteiger partial charge in [-0.2, -0.15) is 0 Å². The van der Waals surface area contributed by atoms with E-state index in [0.29, 0.717) is 5.89 Å². The van der Waals surface area contributed by atoms with Crippen molar-refractivity contribution < 1.29 is 4.42 Å². The molecule has 0 aliphatic carbocycles. The molecule has 1 aromatic heterocycles. The van der Waals surface area contributed by atoms with Crippen molar-refractivity contribution in [2.75, 3.05) is 0 Å². The van der Waals surface area contributed by atoms with Crippen molar-refractivity contribution >= 4 is 11.1 Å². The van der Waals surface area contributed by atoms with Gasteiger partial charge in [0, 0.05) is 5.54 Å². The highest BCUT2D eigenvalue weighted by Gasteiger charge is 2.39. The number of aromatic nitrogens is 1. The second-order valence-electron chi connectivity index (χ2n) is 5.84. The molecule has 0 aliphatic heterocycles. The number of hydrogen-bond acceptors (Lipinski definition) is 3. The Morgan fingerprint density at radius 3 is 2.41 bits per heavy atom. The highest BCUT2D eigenvalue weighted by Crippen LogP contribution is 2.34. The number of oxazole rings is 1. The molecule has 2 aromatic rings. The average molecular weight is 232 g/mol. The van der Waals surface area contributed by atoms with Gasteiger partial charge in [-0.05, 0) is 52.3 Å². The van der Waals surface area contributed by atoms with Crippen LogP contribution >= 0.6 is 0 Å². The van der Waals surface area contributed by atoms with Gasteiger partial charge in [-0.1, -0.05) is 6.07 Å². The molecule has 0 fully saturated rings. The van der Waals surface area contributed by atoms with Crippen LogP contribution in [0.4, 0.5) is 0 Å². The van der Waals surface area contributed by atoms with E-state index in [2.05, 4.69) is 18.8 Å². The van der Waals surface area contributed by atoms with Crippen LogP contribution in [-0.4, -0.2) is 10.5 Å². The van der Waals surface area contributed by atoms with Gasteiger partial charge in [0.1, 0.15) is 5.52 Å². The van der Waals surface area contributed by atoms with E-state index < -0.39 is 0 Å². The second kappa shape index (κ2) is 3.57. The lowest BCUT2D eigenvalue weighted by Gasteiger charge is -2.35. The van der Waals surface area contributed by atoms with Gasteiger partial charge in [0.2, 0.25) is 5.89 Å². The van der Waals surface area contributed by atoms with E-state index in [9.17, 15) is 0 Å². The van der Waals surface area contributed by atoms with Gasteiger partial charge >= 0.3 is 0 Å². The number of rotatable bonds is 2. The summed E-state index contributed by atoms with van der Waals surface area (Å²) < 4.78 is 5.82. The van der Waals surface area contributed by atoms with Crippen molar-refractivity contribution in [3.63, 3.8) is 0 Å². The predicted octanol–water partition coefficient (Wildman–Crippen LogP) is 3.15. The lowest BCUT2D eigenvalue weighted by atomic mass is 9.75. The summed E-state index contributed by atoms with van der Waals surface area (Å²) in [4.78, 5) is 4.57. The van der Waals surface area contributed by atoms with Crippen molar-refractivity contribution in [1.82, 2.24) is 4.98 Å². The van der Waals surface area contributed by atoms with E-state index in [0.717, 1.165) is 11.1 Å². The fraction of sp³-hybridized carbons (Fsp3) is 0.500. The molecule has 0 unspecified atom stereocenters. The van der Waals surface area contributed by atoms with Crippen molar-refractivity contribution in [1.29, 1.82) is 0 Å². The molecule has 1 heterocycles. The number of nitrogens with two attached hydrogens (primary N) is 1. The van der Waals surface area contributed by atoms with Crippen LogP contribution in [0.25, 0.3) is 11.1 Å². The minimum Gasteiger partial charge on any atom is -0.440 e. The first kappa shape index (κ1) is 12.1. The molecule has 0 spiro atoms. The Morgan fingerprint density at radius 2 is 1.82 bits per heavy atom. The molecule has 3 nitrogen and oxygen atoms in total. The van der Waals surface area contributed by atoms with E-state index in [1.165, 1.54) is 5.56 Å². The van der Waals surface area contributed by atoms with Gasteiger partial charge in [-0.15, -0.1) is 0 Å². The topological polar surface area (TPSA) is 52.0 Å². The molecule has 0 radical (unpaired) electrons. The largest absolute Gasteiger partial charge is 0.440 e. The van der Waals surface area contributed by atoms with Gasteiger partial charge in [-0.3, -0.25) is 0 Å². The molecule has 2 rings (SSSR count). The van der Waals surface area contributed by atoms with Gasteiger partial charge in [0.25, 0.3) is 0 Å². The number of fused-ring (bicyclic) bond motifs is 1. The van der Waals surface area contributed by atoms with Crippen LogP contribution < -0.4 is 5.73 Å². The minimum atomic E-state index is -0.386. The lowest BCUT2D eigenvalue weighted by molar-refractivity contribution is 0.251. The molecule has 0 saturated heterocycles. The van der Waals surface area contributed by atoms with Gasteiger partial charge in [0.05, 0.1) is 5.41 Å². The monoisotopic (exact) mass is 232 g/mol. The molecular formula is C14H20N2O. The Balaban J connectivity index is 2.57. The third-order valence-electron chi connectivity index (χ3n) is 3.69. The normalized spacial score (nSPS) is 13.3. The Bertz CT molecular complexity index is 547. The van der Waals surface area contributed by atoms with Crippen LogP contribution in [0.15, 0.2) is 22.6 Å². The molecule has 3 heteroatoms. The van der Waals surface area contributed by atoms with Crippen molar-refractivity contribution in [3.8, 4) is 0 Å². The first-order chi connectivity index (χ1) is 7.72. The molecular weight excluding hydrogens is 212 g/mol. The first-order valence-electron chi connectivity index (χ1n) is 5.88. The highest BCUT2D eigenvalue weighted by atomic mass is 16.3. The molecule has 0 aliphatic rings. The van der Waals surface area contributed by atoms with Gasteiger partial charge < -0.3 is 10.2 Å². The van der Waals surface area contributed by atoms with Crippen LogP contribution in [0.1, 0.15) is 39.1 Å². The number of hydrogen-bond donors (Lipinski definition) is 1. The Kier molecular flexibility index (Phi) is 2.54. The van der Waals surface area contributed by atoms with E-state index >= 15 is 0 Å². The van der Waals surface area contributed by atoms with Crippen molar-refractivity contribution in [2.24, 2.45) is 5.73 Å². The maximum Gasteiger partial charge on any atom is 0.202 e. The number of nitrogens with zero attached hydrogens (tertiary/aromatic N) is 1. The summed E-state index contributed by atoms with van der Waals surface area (Å²) in [5.74, 6) is 0.700. The standard InChI is InChI=1S/C14H20N2O/c1-9-6-7-11-10(8-9)16-12(17-11)13(2,3)14(4,5)15/h6-8H,15H2,1-5H3. The molecule has 0 saturated carbocycles. The summed E-state index contributed by atoms with van der Waals surface area (Å²) in [5.41, 5.74) is 8.41. The molecule has 0 atom stereocenters. The zero-order chi connectivity index (χ0) is 12.8. The van der Waals surface area contributed by atoms with Crippen molar-refractivity contribution in [3.05, 3.63) is 29.7 Å². The Hall–Kier alpha value is -1.35. The summed E-state index contributed by atoms with van der Waals surface area (Å²) in [5, 5.41) is 0. The Morgan fingerprint density at radius 1 is 1.18 bits per heavy atom. The third kappa shape index (κ3) is 1.95. The average Bonchev–Trinajstić information content (AvgIpc) is 2.58. The highest BCUT2D eigenvalue weighted by molar-refractivity contribution is 5.73. The zero-order valence-electron chi connectivity index (χ0n) is 11.2. The molecule has 17 heavy (non-hydrogen) atoms. The summed E-state index contributed by atoms with van der Waals surface area (Å²) in [6.45, 7) is 10.2. The fourth-order valence-electron chi connectivity index (χ4n) is 1.58. The molecule has 0 bridgehead atoms. The molecule has 2 N–H and O–H groups in total. The quantitative estimate of drug-likeness (QED) is 0.865. The smallest absolute Gasteiger partial charge is 0.202 e. The molecule has 92 valence electrons. The Labute approximate surface area is 102 Å². The number of aryl methyl sites for hydroxylation is 1. The molecule has 1 aromatic carbocycles. The maximum atomic E-state index is 6.20. The van der Waals surface area contributed by atoms with E-state index in [4.69, 9.17) is 10.2 Å². The second-order valence-corrected chi connectivity index (χ2v) is 5.84. The van der Waals surface area contributed by atoms with Crippen LogP contribution in [0.5, 0.6) is 0 Å². The predicted molar refractivity (Wildman–Crippen MR) is 70.0 cm³/mol. The zero-order valence-corrected chi connectivity index (χ0v) is 11.2. The van der Waals surface area contributed by atoms with Crippen molar-refractivity contribution in [2.45, 2.75) is 45.6 Å². The number of benzene rings is 1. The van der Waals surface area contributed by atoms with Gasteiger partial charge in [0.15, 0.2) is 5.58 Å². The van der Waals surface area contributed by atoms with E-state index in [1.54, 1.807) is 0 Å². The van der Waals surface area contributed by atoms with Crippen LogP contribution in [0.2, 0.25) is 0 Å².